The molecule has 0 aliphatic carbocycles. The fourth-order valence-electron chi connectivity index (χ4n) is 2.55. The number of aromatic nitrogens is 1. The van der Waals surface area contributed by atoms with Crippen LogP contribution in [-0.2, 0) is 0 Å². The van der Waals surface area contributed by atoms with Crippen LogP contribution in [0.2, 0.25) is 0 Å². The number of hydrogen-bond acceptors (Lipinski definition) is 7. The molecule has 0 saturated carbocycles. The van der Waals surface area contributed by atoms with Crippen molar-refractivity contribution in [3.05, 3.63) is 35.2 Å². The number of carbonyl (C=O) groups excluding carboxylic acids is 1. The fourth-order valence-corrected chi connectivity index (χ4v) is 2.55. The van der Waals surface area contributed by atoms with E-state index in [0.29, 0.717) is 34.3 Å². The number of methoxy groups -OCH3 is 2. The normalized spacial score (nSPS) is 12.0. The van der Waals surface area contributed by atoms with Crippen LogP contribution in [0.5, 0.6) is 17.2 Å². The number of amides is 1. The van der Waals surface area contributed by atoms with Gasteiger partial charge in [-0.3, -0.25) is 4.79 Å². The van der Waals surface area contributed by atoms with Crippen molar-refractivity contribution in [2.75, 3.05) is 27.4 Å². The third-order valence-electron chi connectivity index (χ3n) is 3.94. The monoisotopic (exact) mass is 378 g/mol. The van der Waals surface area contributed by atoms with Gasteiger partial charge in [-0.1, -0.05) is 25.1 Å². The van der Waals surface area contributed by atoms with E-state index in [9.17, 15) is 9.90 Å². The predicted molar refractivity (Wildman–Crippen MR) is 98.7 cm³/mol. The maximum absolute atomic E-state index is 12.4. The van der Waals surface area contributed by atoms with Crippen molar-refractivity contribution in [2.45, 2.75) is 32.8 Å². The van der Waals surface area contributed by atoms with Gasteiger partial charge >= 0.3 is 0 Å². The molecule has 0 bridgehead atoms. The summed E-state index contributed by atoms with van der Waals surface area (Å²) in [6.45, 7) is 5.51. The van der Waals surface area contributed by atoms with Crippen LogP contribution >= 0.6 is 0 Å². The van der Waals surface area contributed by atoms with Crippen LogP contribution in [0.1, 0.15) is 41.6 Å². The van der Waals surface area contributed by atoms with Crippen LogP contribution < -0.4 is 19.5 Å². The maximum atomic E-state index is 12.4. The molecule has 8 heteroatoms. The summed E-state index contributed by atoms with van der Waals surface area (Å²) in [5, 5.41) is 16.7. The maximum Gasteiger partial charge on any atom is 0.256 e. The number of nitrogens with one attached hydrogen (secondary N) is 1. The number of aryl methyl sites for hydroxylation is 1. The van der Waals surface area contributed by atoms with Crippen molar-refractivity contribution in [1.29, 1.82) is 0 Å². The van der Waals surface area contributed by atoms with Crippen LogP contribution in [0.25, 0.3) is 0 Å². The second-order valence-corrected chi connectivity index (χ2v) is 6.33. The second-order valence-electron chi connectivity index (χ2n) is 6.33. The molecule has 2 aromatic rings. The molecule has 0 radical (unpaired) electrons. The smallest absolute Gasteiger partial charge is 0.256 e. The van der Waals surface area contributed by atoms with E-state index in [0.717, 1.165) is 0 Å². The van der Waals surface area contributed by atoms with Crippen molar-refractivity contribution in [3.63, 3.8) is 0 Å². The number of ether oxygens (including phenoxy) is 3. The van der Waals surface area contributed by atoms with Crippen LogP contribution in [0.15, 0.2) is 22.7 Å². The molecule has 1 unspecified atom stereocenters. The molecular weight excluding hydrogens is 352 g/mol. The van der Waals surface area contributed by atoms with Gasteiger partial charge in [0.25, 0.3) is 5.91 Å². The van der Waals surface area contributed by atoms with Gasteiger partial charge < -0.3 is 29.2 Å². The van der Waals surface area contributed by atoms with E-state index in [2.05, 4.69) is 10.5 Å². The first-order valence-electron chi connectivity index (χ1n) is 8.65. The molecule has 27 heavy (non-hydrogen) atoms. The number of benzene rings is 1. The number of aliphatic hydroxyl groups excluding tert-OH is 1. The number of nitrogens with zero attached hydrogens (tertiary/aromatic N) is 1. The van der Waals surface area contributed by atoms with Crippen molar-refractivity contribution in [2.24, 2.45) is 0 Å². The van der Waals surface area contributed by atoms with Crippen molar-refractivity contribution in [3.8, 4) is 17.2 Å². The molecule has 1 atom stereocenters. The Morgan fingerprint density at radius 2 is 1.89 bits per heavy atom. The van der Waals surface area contributed by atoms with Crippen molar-refractivity contribution < 1.29 is 28.6 Å². The van der Waals surface area contributed by atoms with E-state index < -0.39 is 6.10 Å². The van der Waals surface area contributed by atoms with Crippen LogP contribution in [0.3, 0.4) is 0 Å². The van der Waals surface area contributed by atoms with Crippen molar-refractivity contribution in [1.82, 2.24) is 10.5 Å². The molecule has 1 aromatic heterocycles. The van der Waals surface area contributed by atoms with E-state index in [4.69, 9.17) is 18.7 Å². The molecule has 148 valence electrons. The van der Waals surface area contributed by atoms with E-state index in [1.807, 2.05) is 13.8 Å². The van der Waals surface area contributed by atoms with Gasteiger partial charge in [0.1, 0.15) is 18.3 Å². The second kappa shape index (κ2) is 9.27. The van der Waals surface area contributed by atoms with E-state index in [1.165, 1.54) is 14.2 Å². The summed E-state index contributed by atoms with van der Waals surface area (Å²) in [6.07, 6.45) is -0.925. The summed E-state index contributed by atoms with van der Waals surface area (Å²) in [7, 11) is 3.04. The first-order chi connectivity index (χ1) is 12.9. The summed E-state index contributed by atoms with van der Waals surface area (Å²) in [5.41, 5.74) is 0.921. The summed E-state index contributed by atoms with van der Waals surface area (Å²) < 4.78 is 21.3. The molecular formula is C19H26N2O6. The molecule has 1 heterocycles. The minimum atomic E-state index is -0.925. The number of carbonyl (C=O) groups is 1. The Morgan fingerprint density at radius 3 is 2.44 bits per heavy atom. The van der Waals surface area contributed by atoms with Gasteiger partial charge in [-0.15, -0.1) is 0 Å². The summed E-state index contributed by atoms with van der Waals surface area (Å²) >= 11 is 0. The lowest BCUT2D eigenvalue weighted by molar-refractivity contribution is 0.0831. The lowest BCUT2D eigenvalue weighted by atomic mass is 10.0. The van der Waals surface area contributed by atoms with Gasteiger partial charge in [-0.25, -0.2) is 0 Å². The zero-order chi connectivity index (χ0) is 20.0. The molecule has 8 nitrogen and oxygen atoms in total. The average molecular weight is 378 g/mol. The summed E-state index contributed by atoms with van der Waals surface area (Å²) in [4.78, 5) is 12.4. The highest BCUT2D eigenvalue weighted by molar-refractivity contribution is 5.96. The third kappa shape index (κ3) is 4.91. The Hall–Kier alpha value is -2.74. The van der Waals surface area contributed by atoms with E-state index in [1.54, 1.807) is 25.1 Å². The Bertz CT molecular complexity index is 749. The molecule has 2 rings (SSSR count). The van der Waals surface area contributed by atoms with Gasteiger partial charge in [-0.05, 0) is 19.1 Å². The Morgan fingerprint density at radius 1 is 1.26 bits per heavy atom. The molecule has 1 aromatic carbocycles. The Labute approximate surface area is 158 Å². The SMILES string of the molecule is COc1cccc(OC)c1OCC(O)CNC(=O)c1c(C)noc1C(C)C. The highest BCUT2D eigenvalue weighted by Gasteiger charge is 2.23. The van der Waals surface area contributed by atoms with Gasteiger partial charge in [0.15, 0.2) is 17.3 Å². The largest absolute Gasteiger partial charge is 0.493 e. The Kier molecular flexibility index (Phi) is 7.06. The average Bonchev–Trinajstić information content (AvgIpc) is 3.05. The summed E-state index contributed by atoms with van der Waals surface area (Å²) in [5.74, 6) is 1.59. The highest BCUT2D eigenvalue weighted by atomic mass is 16.5. The molecule has 2 N–H and O–H groups in total. The lowest BCUT2D eigenvalue weighted by Gasteiger charge is -2.17. The van der Waals surface area contributed by atoms with Gasteiger partial charge in [0, 0.05) is 12.5 Å². The number of hydrogen-bond donors (Lipinski definition) is 2. The van der Waals surface area contributed by atoms with Crippen LogP contribution in [0, 0.1) is 6.92 Å². The quantitative estimate of drug-likeness (QED) is 0.690. The van der Waals surface area contributed by atoms with Gasteiger partial charge in [0.05, 0.1) is 19.9 Å². The Balaban J connectivity index is 1.95. The first kappa shape index (κ1) is 20.6. The first-order valence-corrected chi connectivity index (χ1v) is 8.65. The standard InChI is InChI=1S/C19H26N2O6/c1-11(2)17-16(12(3)21-27-17)19(23)20-9-13(22)10-26-18-14(24-4)7-6-8-15(18)25-5/h6-8,11,13,22H,9-10H2,1-5H3,(H,20,23). The minimum Gasteiger partial charge on any atom is -0.493 e. The predicted octanol–water partition coefficient (Wildman–Crippen LogP) is 2.29. The van der Waals surface area contributed by atoms with Gasteiger partial charge in [-0.2, -0.15) is 0 Å². The highest BCUT2D eigenvalue weighted by Crippen LogP contribution is 2.36. The fraction of sp³-hybridized carbons (Fsp3) is 0.474. The lowest BCUT2D eigenvalue weighted by Crippen LogP contribution is -2.35. The molecule has 0 aliphatic heterocycles. The van der Waals surface area contributed by atoms with Crippen molar-refractivity contribution >= 4 is 5.91 Å². The van der Waals surface area contributed by atoms with E-state index in [-0.39, 0.29) is 25.0 Å². The zero-order valence-corrected chi connectivity index (χ0v) is 16.2. The minimum absolute atomic E-state index is 0.0124. The van der Waals surface area contributed by atoms with E-state index >= 15 is 0 Å². The topological polar surface area (TPSA) is 103 Å². The molecule has 1 amide bonds. The number of rotatable bonds is 9. The number of para-hydroxylation sites is 1. The molecule has 0 aliphatic rings. The summed E-state index contributed by atoms with van der Waals surface area (Å²) in [6, 6.07) is 5.23. The molecule has 0 fully saturated rings. The van der Waals surface area contributed by atoms with Crippen LogP contribution in [0.4, 0.5) is 0 Å². The molecule has 0 spiro atoms. The van der Waals surface area contributed by atoms with Crippen LogP contribution in [-0.4, -0.2) is 49.6 Å². The molecule has 0 saturated heterocycles. The third-order valence-corrected chi connectivity index (χ3v) is 3.94. The zero-order valence-electron chi connectivity index (χ0n) is 16.2. The number of aliphatic hydroxyl groups is 1. The van der Waals surface area contributed by atoms with Gasteiger partial charge in [0.2, 0.25) is 5.75 Å².